The molecule has 1 nitrogen and oxygen atoms in total. The van der Waals surface area contributed by atoms with Crippen LogP contribution in [0.2, 0.25) is 0 Å². The van der Waals surface area contributed by atoms with Gasteiger partial charge in [-0.3, -0.25) is 0 Å². The zero-order valence-electron chi connectivity index (χ0n) is 19.5. The third-order valence-corrected chi connectivity index (χ3v) is 7.59. The molecule has 3 heteroatoms. The van der Waals surface area contributed by atoms with Crippen LogP contribution in [-0.4, -0.2) is 12.7 Å². The Hall–Kier alpha value is -2.00. The smallest absolute Gasteiger partial charge is 0.131 e. The molecule has 2 saturated carbocycles. The minimum Gasteiger partial charge on any atom is -0.378 e. The first kappa shape index (κ1) is 23.2. The number of allylic oxidation sites excluding steroid dienone is 2. The fourth-order valence-electron chi connectivity index (χ4n) is 5.89. The van der Waals surface area contributed by atoms with Crippen LogP contribution in [0.1, 0.15) is 75.8 Å². The number of rotatable bonds is 7. The number of hydrogen-bond acceptors (Lipinski definition) is 1. The highest BCUT2D eigenvalue weighted by Crippen LogP contribution is 2.47. The fourth-order valence-corrected chi connectivity index (χ4v) is 5.89. The minimum absolute atomic E-state index is 0.315. The lowest BCUT2D eigenvalue weighted by molar-refractivity contribution is -0.00956. The second-order valence-electron chi connectivity index (χ2n) is 9.58. The van der Waals surface area contributed by atoms with Gasteiger partial charge in [-0.25, -0.2) is 8.78 Å². The first-order valence-corrected chi connectivity index (χ1v) is 12.4. The Morgan fingerprint density at radius 2 is 1.62 bits per heavy atom. The predicted octanol–water partition coefficient (Wildman–Crippen LogP) is 8.23. The molecule has 4 unspecified atom stereocenters. The second kappa shape index (κ2) is 10.7. The summed E-state index contributed by atoms with van der Waals surface area (Å²) in [6, 6.07) is 10.6. The second-order valence-corrected chi connectivity index (χ2v) is 9.58. The summed E-state index contributed by atoms with van der Waals surface area (Å²) in [7, 11) is 0. The van der Waals surface area contributed by atoms with E-state index in [1.165, 1.54) is 19.3 Å². The summed E-state index contributed by atoms with van der Waals surface area (Å²) in [5, 5.41) is 0. The number of ether oxygens (including phenoxy) is 1. The Kier molecular flexibility index (Phi) is 7.78. The van der Waals surface area contributed by atoms with E-state index in [1.54, 1.807) is 24.3 Å². The van der Waals surface area contributed by atoms with Crippen molar-refractivity contribution in [3.05, 3.63) is 71.3 Å². The number of fused-ring (bicyclic) bond motifs is 1. The van der Waals surface area contributed by atoms with Crippen LogP contribution in [0.3, 0.4) is 0 Å². The quantitative estimate of drug-likeness (QED) is 0.396. The van der Waals surface area contributed by atoms with Crippen molar-refractivity contribution in [2.75, 3.05) is 6.61 Å². The van der Waals surface area contributed by atoms with Gasteiger partial charge in [0.2, 0.25) is 0 Å². The van der Waals surface area contributed by atoms with Crippen molar-refractivity contribution in [3.8, 4) is 11.1 Å². The van der Waals surface area contributed by atoms with E-state index >= 15 is 4.39 Å². The van der Waals surface area contributed by atoms with Crippen LogP contribution in [-0.2, 0) is 11.2 Å². The maximum Gasteiger partial charge on any atom is 0.131 e. The molecule has 2 fully saturated rings. The Morgan fingerprint density at radius 3 is 2.34 bits per heavy atom. The third kappa shape index (κ3) is 5.31. The largest absolute Gasteiger partial charge is 0.378 e. The molecular formula is C29H36F2O. The van der Waals surface area contributed by atoms with E-state index < -0.39 is 0 Å². The lowest BCUT2D eigenvalue weighted by Gasteiger charge is -2.42. The SMILES string of the molecule is C/C=C/CCc1ccc(-c2ccc(C3CCC4CC(OCC)CCC4C3)cc2F)c(F)c1. The first-order valence-electron chi connectivity index (χ1n) is 12.4. The van der Waals surface area contributed by atoms with Crippen LogP contribution in [0.5, 0.6) is 0 Å². The van der Waals surface area contributed by atoms with Gasteiger partial charge in [0.15, 0.2) is 0 Å². The molecule has 4 atom stereocenters. The molecule has 0 saturated heterocycles. The maximum atomic E-state index is 15.1. The molecule has 2 aromatic carbocycles. The first-order chi connectivity index (χ1) is 15.6. The van der Waals surface area contributed by atoms with Crippen LogP contribution < -0.4 is 0 Å². The molecular weight excluding hydrogens is 402 g/mol. The Labute approximate surface area is 191 Å². The molecule has 0 N–H and O–H groups in total. The van der Waals surface area contributed by atoms with Gasteiger partial charge in [-0.2, -0.15) is 0 Å². The number of benzene rings is 2. The topological polar surface area (TPSA) is 9.23 Å². The summed E-state index contributed by atoms with van der Waals surface area (Å²) in [5.41, 5.74) is 2.72. The molecule has 0 amide bonds. The number of aryl methyl sites for hydroxylation is 1. The summed E-state index contributed by atoms with van der Waals surface area (Å²) >= 11 is 0. The maximum absolute atomic E-state index is 15.1. The van der Waals surface area contributed by atoms with Crippen molar-refractivity contribution in [1.29, 1.82) is 0 Å². The van der Waals surface area contributed by atoms with Crippen LogP contribution in [0, 0.1) is 23.5 Å². The molecule has 172 valence electrons. The Morgan fingerprint density at radius 1 is 0.906 bits per heavy atom. The van der Waals surface area contributed by atoms with E-state index in [-0.39, 0.29) is 11.6 Å². The molecule has 4 rings (SSSR count). The van der Waals surface area contributed by atoms with Gasteiger partial charge in [0.25, 0.3) is 0 Å². The lowest BCUT2D eigenvalue weighted by atomic mass is 9.65. The van der Waals surface area contributed by atoms with Gasteiger partial charge in [-0.15, -0.1) is 0 Å². The molecule has 0 aromatic heterocycles. The average molecular weight is 439 g/mol. The molecule has 0 spiro atoms. The van der Waals surface area contributed by atoms with Gasteiger partial charge in [0, 0.05) is 17.7 Å². The molecule has 0 heterocycles. The summed E-state index contributed by atoms with van der Waals surface area (Å²) in [5.74, 6) is 1.22. The number of hydrogen-bond donors (Lipinski definition) is 0. The normalized spacial score (nSPS) is 25.8. The van der Waals surface area contributed by atoms with Gasteiger partial charge in [-0.05, 0) is 106 Å². The van der Waals surface area contributed by atoms with E-state index in [0.717, 1.165) is 61.7 Å². The fraction of sp³-hybridized carbons (Fsp3) is 0.517. The zero-order valence-corrected chi connectivity index (χ0v) is 19.5. The van der Waals surface area contributed by atoms with Gasteiger partial charge in [-0.1, -0.05) is 36.4 Å². The monoisotopic (exact) mass is 438 g/mol. The molecule has 0 aliphatic heterocycles. The number of halogens is 2. The third-order valence-electron chi connectivity index (χ3n) is 7.59. The average Bonchev–Trinajstić information content (AvgIpc) is 2.80. The summed E-state index contributed by atoms with van der Waals surface area (Å²) in [4.78, 5) is 0. The highest BCUT2D eigenvalue weighted by molar-refractivity contribution is 5.65. The molecule has 0 radical (unpaired) electrons. The molecule has 2 aromatic rings. The molecule has 2 aliphatic rings. The van der Waals surface area contributed by atoms with E-state index in [9.17, 15) is 4.39 Å². The summed E-state index contributed by atoms with van der Waals surface area (Å²) in [6.45, 7) is 4.86. The van der Waals surface area contributed by atoms with Crippen molar-refractivity contribution in [2.24, 2.45) is 11.8 Å². The van der Waals surface area contributed by atoms with Crippen LogP contribution in [0.15, 0.2) is 48.6 Å². The summed E-state index contributed by atoms with van der Waals surface area (Å²) < 4.78 is 35.7. The lowest BCUT2D eigenvalue weighted by Crippen LogP contribution is -2.33. The summed E-state index contributed by atoms with van der Waals surface area (Å²) in [6.07, 6.45) is 13.2. The van der Waals surface area contributed by atoms with E-state index in [1.807, 2.05) is 25.1 Å². The Balaban J connectivity index is 1.44. The van der Waals surface area contributed by atoms with E-state index in [0.29, 0.717) is 23.1 Å². The van der Waals surface area contributed by atoms with Crippen molar-refractivity contribution >= 4 is 0 Å². The van der Waals surface area contributed by atoms with Gasteiger partial charge >= 0.3 is 0 Å². The predicted molar refractivity (Wildman–Crippen MR) is 128 cm³/mol. The van der Waals surface area contributed by atoms with Crippen molar-refractivity contribution in [2.45, 2.75) is 77.2 Å². The van der Waals surface area contributed by atoms with Crippen LogP contribution >= 0.6 is 0 Å². The molecule has 0 bridgehead atoms. The van der Waals surface area contributed by atoms with Crippen LogP contribution in [0.25, 0.3) is 11.1 Å². The Bertz CT molecular complexity index is 935. The van der Waals surface area contributed by atoms with E-state index in [2.05, 4.69) is 13.0 Å². The van der Waals surface area contributed by atoms with Crippen molar-refractivity contribution in [1.82, 2.24) is 0 Å². The minimum atomic E-state index is -0.346. The highest BCUT2D eigenvalue weighted by atomic mass is 19.1. The zero-order chi connectivity index (χ0) is 22.5. The van der Waals surface area contributed by atoms with Gasteiger partial charge < -0.3 is 4.74 Å². The highest BCUT2D eigenvalue weighted by Gasteiger charge is 2.36. The van der Waals surface area contributed by atoms with Crippen molar-refractivity contribution in [3.63, 3.8) is 0 Å². The van der Waals surface area contributed by atoms with Crippen molar-refractivity contribution < 1.29 is 13.5 Å². The van der Waals surface area contributed by atoms with E-state index in [4.69, 9.17) is 4.74 Å². The van der Waals surface area contributed by atoms with Crippen LogP contribution in [0.4, 0.5) is 8.78 Å². The standard InChI is InChI=1S/C29H36F2O/c1-3-5-6-7-20-8-14-26(28(30)16-20)27-15-12-24(19-29(27)31)21-9-10-23-18-25(32-4-2)13-11-22(23)17-21/h3,5,8,12,14-16,19,21-23,25H,4,6-7,9-11,13,17-18H2,1-2H3/b5-3+. The van der Waals surface area contributed by atoms with Gasteiger partial charge in [0.1, 0.15) is 11.6 Å². The molecule has 2 aliphatic carbocycles. The molecule has 32 heavy (non-hydrogen) atoms. The van der Waals surface area contributed by atoms with Gasteiger partial charge in [0.05, 0.1) is 6.10 Å².